The van der Waals surface area contributed by atoms with Gasteiger partial charge in [-0.3, -0.25) is 4.79 Å². The first kappa shape index (κ1) is 20.1. The van der Waals surface area contributed by atoms with E-state index in [1.807, 2.05) is 17.5 Å². The topological polar surface area (TPSA) is 80.0 Å². The number of carbonyl (C=O) groups excluding carboxylic acids is 1. The molecule has 6 nitrogen and oxygen atoms in total. The quantitative estimate of drug-likeness (QED) is 0.492. The first-order valence-corrected chi connectivity index (χ1v) is 10.1. The Bertz CT molecular complexity index is 1210. The number of fused-ring (bicyclic) bond motifs is 1. The van der Waals surface area contributed by atoms with Gasteiger partial charge in [0.1, 0.15) is 11.6 Å². The van der Waals surface area contributed by atoms with Crippen LogP contribution in [0.4, 0.5) is 8.78 Å². The molecule has 1 aromatic carbocycles. The van der Waals surface area contributed by atoms with Crippen LogP contribution in [-0.2, 0) is 6.54 Å². The molecule has 1 atom stereocenters. The highest BCUT2D eigenvalue weighted by Gasteiger charge is 2.19. The number of aryl methyl sites for hydroxylation is 1. The van der Waals surface area contributed by atoms with Crippen LogP contribution in [0.3, 0.4) is 0 Å². The highest BCUT2D eigenvalue weighted by molar-refractivity contribution is 7.09. The molecule has 4 aromatic rings. The van der Waals surface area contributed by atoms with Gasteiger partial charge in [-0.2, -0.15) is 5.10 Å². The summed E-state index contributed by atoms with van der Waals surface area (Å²) in [5.41, 5.74) is 1.50. The Hall–Kier alpha value is -3.17. The second-order valence-corrected chi connectivity index (χ2v) is 7.85. The number of aromatic nitrogens is 3. The van der Waals surface area contributed by atoms with Crippen LogP contribution in [0.1, 0.15) is 32.6 Å². The zero-order chi connectivity index (χ0) is 21.3. The summed E-state index contributed by atoms with van der Waals surface area (Å²) in [5.74, 6) is -2.04. The lowest BCUT2D eigenvalue weighted by Gasteiger charge is -2.14. The zero-order valence-corrected chi connectivity index (χ0v) is 16.8. The van der Waals surface area contributed by atoms with Crippen molar-refractivity contribution in [3.8, 4) is 0 Å². The molecule has 3 heterocycles. The predicted octanol–water partition coefficient (Wildman–Crippen LogP) is 3.59. The highest BCUT2D eigenvalue weighted by Crippen LogP contribution is 2.21. The van der Waals surface area contributed by atoms with E-state index < -0.39 is 23.6 Å². The number of aliphatic hydroxyl groups is 1. The molecule has 3 aromatic heterocycles. The average Bonchev–Trinajstić information content (AvgIpc) is 3.36. The van der Waals surface area contributed by atoms with E-state index in [0.29, 0.717) is 34.9 Å². The average molecular weight is 428 g/mol. The van der Waals surface area contributed by atoms with Gasteiger partial charge in [0.2, 0.25) is 0 Å². The van der Waals surface area contributed by atoms with Crippen LogP contribution in [0.15, 0.2) is 48.0 Å². The summed E-state index contributed by atoms with van der Waals surface area (Å²) in [4.78, 5) is 18.4. The number of hydrogen-bond acceptors (Lipinski definition) is 5. The monoisotopic (exact) mass is 428 g/mol. The molecule has 0 saturated heterocycles. The van der Waals surface area contributed by atoms with Gasteiger partial charge in [-0.15, -0.1) is 11.3 Å². The molecule has 2 N–H and O–H groups in total. The van der Waals surface area contributed by atoms with Gasteiger partial charge in [-0.05, 0) is 30.5 Å². The van der Waals surface area contributed by atoms with Crippen LogP contribution in [0.25, 0.3) is 11.0 Å². The lowest BCUT2D eigenvalue weighted by atomic mass is 10.1. The smallest absolute Gasteiger partial charge is 0.252 e. The summed E-state index contributed by atoms with van der Waals surface area (Å²) in [6.07, 6.45) is 0.273. The molecule has 0 aliphatic rings. The normalized spacial score (nSPS) is 12.3. The van der Waals surface area contributed by atoms with E-state index in [1.54, 1.807) is 35.2 Å². The molecule has 0 radical (unpaired) electrons. The van der Waals surface area contributed by atoms with Crippen molar-refractivity contribution in [1.82, 2.24) is 20.1 Å². The number of rotatable bonds is 6. The van der Waals surface area contributed by atoms with E-state index in [0.717, 1.165) is 17.0 Å². The summed E-state index contributed by atoms with van der Waals surface area (Å²) in [5, 5.41) is 19.7. The lowest BCUT2D eigenvalue weighted by molar-refractivity contribution is 0.0915. The maximum atomic E-state index is 13.8. The van der Waals surface area contributed by atoms with Crippen LogP contribution >= 0.6 is 11.3 Å². The Morgan fingerprint density at radius 1 is 1.30 bits per heavy atom. The van der Waals surface area contributed by atoms with Gasteiger partial charge in [0.05, 0.1) is 29.8 Å². The van der Waals surface area contributed by atoms with Crippen molar-refractivity contribution in [3.63, 3.8) is 0 Å². The van der Waals surface area contributed by atoms with Crippen LogP contribution in [-0.4, -0.2) is 32.3 Å². The number of aliphatic hydroxyl groups excluding tert-OH is 1. The fourth-order valence-electron chi connectivity index (χ4n) is 3.19. The molecule has 9 heteroatoms. The van der Waals surface area contributed by atoms with Gasteiger partial charge in [0.15, 0.2) is 5.65 Å². The Balaban J connectivity index is 1.55. The molecule has 0 aliphatic heterocycles. The summed E-state index contributed by atoms with van der Waals surface area (Å²) in [7, 11) is 0. The zero-order valence-electron chi connectivity index (χ0n) is 16.0. The molecule has 154 valence electrons. The van der Waals surface area contributed by atoms with Crippen molar-refractivity contribution < 1.29 is 18.7 Å². The maximum Gasteiger partial charge on any atom is 0.252 e. The summed E-state index contributed by atoms with van der Waals surface area (Å²) in [6.45, 7) is 2.09. The van der Waals surface area contributed by atoms with Crippen molar-refractivity contribution in [2.24, 2.45) is 0 Å². The molecule has 0 aliphatic carbocycles. The van der Waals surface area contributed by atoms with Gasteiger partial charge < -0.3 is 10.4 Å². The van der Waals surface area contributed by atoms with Crippen LogP contribution in [0.5, 0.6) is 0 Å². The number of thiophene rings is 1. The number of benzene rings is 1. The molecule has 0 spiro atoms. The van der Waals surface area contributed by atoms with Crippen molar-refractivity contribution >= 4 is 28.3 Å². The first-order chi connectivity index (χ1) is 14.4. The van der Waals surface area contributed by atoms with E-state index in [1.165, 1.54) is 0 Å². The minimum absolute atomic E-state index is 0.0866. The number of amides is 1. The maximum absolute atomic E-state index is 13.8. The second kappa shape index (κ2) is 8.29. The number of hydrogen-bond donors (Lipinski definition) is 2. The third-order valence-electron chi connectivity index (χ3n) is 4.65. The van der Waals surface area contributed by atoms with E-state index in [-0.39, 0.29) is 12.1 Å². The summed E-state index contributed by atoms with van der Waals surface area (Å²) >= 11 is 1.61. The first-order valence-electron chi connectivity index (χ1n) is 9.19. The number of pyridine rings is 1. The van der Waals surface area contributed by atoms with Gasteiger partial charge in [-0.25, -0.2) is 18.4 Å². The predicted molar refractivity (Wildman–Crippen MR) is 109 cm³/mol. The molecule has 4 rings (SSSR count). The Morgan fingerprint density at radius 3 is 2.87 bits per heavy atom. The molecule has 1 amide bonds. The number of nitrogens with one attached hydrogen (secondary N) is 1. The fraction of sp³-hybridized carbons (Fsp3) is 0.190. The minimum Gasteiger partial charge on any atom is -0.386 e. The number of halogens is 2. The third kappa shape index (κ3) is 4.07. The van der Waals surface area contributed by atoms with Crippen molar-refractivity contribution in [2.75, 3.05) is 6.54 Å². The van der Waals surface area contributed by atoms with Crippen LogP contribution < -0.4 is 5.32 Å². The summed E-state index contributed by atoms with van der Waals surface area (Å²) < 4.78 is 28.6. The molecule has 0 fully saturated rings. The van der Waals surface area contributed by atoms with E-state index >= 15 is 0 Å². The molecule has 0 saturated carbocycles. The fourth-order valence-corrected chi connectivity index (χ4v) is 3.88. The van der Waals surface area contributed by atoms with E-state index in [4.69, 9.17) is 0 Å². The molecular formula is C21H18F2N4O2S. The highest BCUT2D eigenvalue weighted by atomic mass is 32.1. The second-order valence-electron chi connectivity index (χ2n) is 6.82. The number of carbonyl (C=O) groups is 1. The summed E-state index contributed by atoms with van der Waals surface area (Å²) in [6, 6.07) is 8.50. The van der Waals surface area contributed by atoms with Gasteiger partial charge in [0.25, 0.3) is 5.91 Å². The van der Waals surface area contributed by atoms with Crippen LogP contribution in [0, 0.1) is 18.6 Å². The van der Waals surface area contributed by atoms with E-state index in [9.17, 15) is 18.7 Å². The standard InChI is InChI=1S/C21H18F2N4O2S/c1-12-7-16(17-9-25-27(20(17)26-12)11-14-3-2-6-30-14)21(29)24-10-19(28)15-5-4-13(22)8-18(15)23/h2-9,19,28H,10-11H2,1H3,(H,24,29). The van der Waals surface area contributed by atoms with E-state index in [2.05, 4.69) is 15.4 Å². The Kier molecular flexibility index (Phi) is 5.56. The SMILES string of the molecule is Cc1cc(C(=O)NCC(O)c2ccc(F)cc2F)c2cnn(Cc3cccs3)c2n1. The molecule has 0 bridgehead atoms. The molecular weight excluding hydrogens is 410 g/mol. The van der Waals surface area contributed by atoms with Crippen molar-refractivity contribution in [2.45, 2.75) is 19.6 Å². The largest absolute Gasteiger partial charge is 0.386 e. The number of nitrogens with zero attached hydrogens (tertiary/aromatic N) is 3. The minimum atomic E-state index is -1.31. The molecule has 1 unspecified atom stereocenters. The third-order valence-corrected chi connectivity index (χ3v) is 5.51. The lowest BCUT2D eigenvalue weighted by Crippen LogP contribution is -2.29. The van der Waals surface area contributed by atoms with Crippen LogP contribution in [0.2, 0.25) is 0 Å². The Morgan fingerprint density at radius 2 is 2.13 bits per heavy atom. The van der Waals surface area contributed by atoms with Gasteiger partial charge in [-0.1, -0.05) is 12.1 Å². The van der Waals surface area contributed by atoms with Gasteiger partial charge >= 0.3 is 0 Å². The Labute approximate surface area is 174 Å². The van der Waals surface area contributed by atoms with Crippen molar-refractivity contribution in [1.29, 1.82) is 0 Å². The molecule has 30 heavy (non-hydrogen) atoms. The van der Waals surface area contributed by atoms with Crippen molar-refractivity contribution in [3.05, 3.63) is 81.3 Å². The van der Waals surface area contributed by atoms with Gasteiger partial charge in [0, 0.05) is 28.7 Å².